The largest absolute Gasteiger partial charge is 0.469 e. The van der Waals surface area contributed by atoms with E-state index in [1.165, 1.54) is 0 Å². The highest BCUT2D eigenvalue weighted by molar-refractivity contribution is 5.76. The third-order valence-electron chi connectivity index (χ3n) is 4.32. The number of rotatable bonds is 4. The van der Waals surface area contributed by atoms with Gasteiger partial charge in [-0.15, -0.1) is 0 Å². The van der Waals surface area contributed by atoms with Crippen LogP contribution in [0.1, 0.15) is 24.0 Å². The lowest BCUT2D eigenvalue weighted by atomic mass is 10.1. The van der Waals surface area contributed by atoms with Crippen LogP contribution >= 0.6 is 0 Å². The molecule has 1 saturated heterocycles. The predicted molar refractivity (Wildman–Crippen MR) is 82.2 cm³/mol. The molecule has 22 heavy (non-hydrogen) atoms. The summed E-state index contributed by atoms with van der Waals surface area (Å²) in [5.74, 6) is 2.05. The molecule has 118 valence electrons. The minimum absolute atomic E-state index is 0.154. The van der Waals surface area contributed by atoms with E-state index < -0.39 is 0 Å². The first-order valence-electron chi connectivity index (χ1n) is 7.63. The van der Waals surface area contributed by atoms with Crippen LogP contribution in [0.3, 0.4) is 0 Å². The van der Waals surface area contributed by atoms with Gasteiger partial charge < -0.3 is 13.9 Å². The van der Waals surface area contributed by atoms with E-state index in [-0.39, 0.29) is 11.9 Å². The van der Waals surface area contributed by atoms with Crippen molar-refractivity contribution in [2.75, 3.05) is 26.7 Å². The number of carbonyl (C=O) groups is 1. The molecule has 2 aromatic rings. The highest BCUT2D eigenvalue weighted by Gasteiger charge is 2.30. The van der Waals surface area contributed by atoms with E-state index in [1.807, 2.05) is 34.8 Å². The third kappa shape index (κ3) is 3.06. The molecule has 1 aliphatic heterocycles. The third-order valence-corrected chi connectivity index (χ3v) is 4.32. The second-order valence-electron chi connectivity index (χ2n) is 5.81. The smallest absolute Gasteiger partial charge is 0.223 e. The zero-order valence-corrected chi connectivity index (χ0v) is 13.1. The maximum atomic E-state index is 12.4. The average Bonchev–Trinajstić information content (AvgIpc) is 3.17. The summed E-state index contributed by atoms with van der Waals surface area (Å²) in [6.07, 6.45) is 6.55. The summed E-state index contributed by atoms with van der Waals surface area (Å²) in [5, 5.41) is 0. The van der Waals surface area contributed by atoms with Crippen molar-refractivity contribution in [2.45, 2.75) is 18.9 Å². The van der Waals surface area contributed by atoms with E-state index >= 15 is 0 Å². The summed E-state index contributed by atoms with van der Waals surface area (Å²) in [7, 11) is 4.08. The summed E-state index contributed by atoms with van der Waals surface area (Å²) < 4.78 is 7.32. The number of aryl methyl sites for hydroxylation is 2. The second kappa shape index (κ2) is 6.36. The zero-order chi connectivity index (χ0) is 15.5. The van der Waals surface area contributed by atoms with Gasteiger partial charge in [0.25, 0.3) is 0 Å². The van der Waals surface area contributed by atoms with E-state index in [9.17, 15) is 4.79 Å². The first-order valence-corrected chi connectivity index (χ1v) is 7.63. The van der Waals surface area contributed by atoms with E-state index in [2.05, 4.69) is 16.9 Å². The molecule has 0 radical (unpaired) electrons. The number of hydrogen-bond donors (Lipinski definition) is 0. The van der Waals surface area contributed by atoms with Gasteiger partial charge in [0.2, 0.25) is 5.91 Å². The van der Waals surface area contributed by atoms with Crippen LogP contribution in [0.2, 0.25) is 0 Å². The summed E-state index contributed by atoms with van der Waals surface area (Å²) >= 11 is 0. The second-order valence-corrected chi connectivity index (χ2v) is 5.81. The van der Waals surface area contributed by atoms with Crippen LogP contribution in [0.25, 0.3) is 0 Å². The van der Waals surface area contributed by atoms with Gasteiger partial charge in [-0.1, -0.05) is 0 Å². The Morgan fingerprint density at radius 3 is 2.95 bits per heavy atom. The summed E-state index contributed by atoms with van der Waals surface area (Å²) in [6.45, 7) is 2.33. The van der Waals surface area contributed by atoms with Crippen molar-refractivity contribution in [3.05, 3.63) is 42.4 Å². The lowest BCUT2D eigenvalue weighted by Gasteiger charge is -2.39. The number of aromatic nitrogens is 2. The normalized spacial score (nSPS) is 19.5. The Labute approximate surface area is 130 Å². The Bertz CT molecular complexity index is 620. The van der Waals surface area contributed by atoms with Crippen LogP contribution in [0.15, 0.2) is 35.2 Å². The van der Waals surface area contributed by atoms with Crippen LogP contribution in [-0.2, 0) is 18.3 Å². The van der Waals surface area contributed by atoms with Crippen LogP contribution in [-0.4, -0.2) is 51.9 Å². The molecule has 0 N–H and O–H groups in total. The van der Waals surface area contributed by atoms with E-state index in [0.29, 0.717) is 19.4 Å². The quantitative estimate of drug-likeness (QED) is 0.858. The first kappa shape index (κ1) is 14.8. The fraction of sp³-hybridized carbons (Fsp3) is 0.500. The molecule has 1 atom stereocenters. The van der Waals surface area contributed by atoms with Gasteiger partial charge in [0.1, 0.15) is 11.6 Å². The average molecular weight is 302 g/mol. The van der Waals surface area contributed by atoms with Gasteiger partial charge in [0.15, 0.2) is 0 Å². The molecule has 1 aliphatic rings. The molecule has 1 fully saturated rings. The van der Waals surface area contributed by atoms with Gasteiger partial charge in [0.05, 0.1) is 12.3 Å². The van der Waals surface area contributed by atoms with Gasteiger partial charge in [0, 0.05) is 51.9 Å². The van der Waals surface area contributed by atoms with Crippen molar-refractivity contribution in [2.24, 2.45) is 7.05 Å². The van der Waals surface area contributed by atoms with Crippen LogP contribution < -0.4 is 0 Å². The first-order chi connectivity index (χ1) is 10.6. The lowest BCUT2D eigenvalue weighted by Crippen LogP contribution is -2.49. The minimum atomic E-state index is 0.154. The molecular formula is C16H22N4O2. The Balaban J connectivity index is 1.62. The molecule has 6 heteroatoms. The predicted octanol–water partition coefficient (Wildman–Crippen LogP) is 1.46. The maximum Gasteiger partial charge on any atom is 0.223 e. The number of piperazine rings is 1. The molecule has 3 rings (SSSR count). The number of amides is 1. The Morgan fingerprint density at radius 1 is 1.41 bits per heavy atom. The fourth-order valence-electron chi connectivity index (χ4n) is 2.92. The standard InChI is InChI=1S/C16H22N4O2/c1-18-9-10-20(12-14(18)16-17-7-8-19(16)2)15(21)6-5-13-4-3-11-22-13/h3-4,7-8,11,14H,5-6,9-10,12H2,1-2H3. The molecule has 0 spiro atoms. The molecule has 0 aromatic carbocycles. The van der Waals surface area contributed by atoms with Crippen LogP contribution in [0.4, 0.5) is 0 Å². The van der Waals surface area contributed by atoms with Crippen molar-refractivity contribution in [3.63, 3.8) is 0 Å². The lowest BCUT2D eigenvalue weighted by molar-refractivity contribution is -0.134. The maximum absolute atomic E-state index is 12.4. The van der Waals surface area contributed by atoms with Gasteiger partial charge in [-0.2, -0.15) is 0 Å². The number of imidazole rings is 1. The molecule has 0 bridgehead atoms. The Kier molecular flexibility index (Phi) is 4.29. The van der Waals surface area contributed by atoms with Gasteiger partial charge in [-0.25, -0.2) is 4.98 Å². The van der Waals surface area contributed by atoms with Gasteiger partial charge >= 0.3 is 0 Å². The molecule has 3 heterocycles. The van der Waals surface area contributed by atoms with E-state index in [0.717, 1.165) is 24.7 Å². The monoisotopic (exact) mass is 302 g/mol. The summed E-state index contributed by atoms with van der Waals surface area (Å²) in [6, 6.07) is 3.92. The molecule has 0 aliphatic carbocycles. The number of nitrogens with zero attached hydrogens (tertiary/aromatic N) is 4. The molecule has 1 amide bonds. The highest BCUT2D eigenvalue weighted by Crippen LogP contribution is 2.23. The van der Waals surface area contributed by atoms with Crippen molar-refractivity contribution < 1.29 is 9.21 Å². The van der Waals surface area contributed by atoms with Crippen molar-refractivity contribution in [1.82, 2.24) is 19.4 Å². The minimum Gasteiger partial charge on any atom is -0.469 e. The number of furan rings is 1. The SMILES string of the molecule is CN1CCN(C(=O)CCc2ccco2)CC1c1nccn1C. The van der Waals surface area contributed by atoms with Gasteiger partial charge in [-0.3, -0.25) is 9.69 Å². The molecule has 2 aromatic heterocycles. The van der Waals surface area contributed by atoms with Crippen LogP contribution in [0, 0.1) is 0 Å². The van der Waals surface area contributed by atoms with E-state index in [4.69, 9.17) is 4.42 Å². The molecular weight excluding hydrogens is 280 g/mol. The number of carbonyl (C=O) groups excluding carboxylic acids is 1. The van der Waals surface area contributed by atoms with Gasteiger partial charge in [-0.05, 0) is 19.2 Å². The molecule has 1 unspecified atom stereocenters. The van der Waals surface area contributed by atoms with Crippen molar-refractivity contribution in [3.8, 4) is 0 Å². The Hall–Kier alpha value is -2.08. The molecule has 6 nitrogen and oxygen atoms in total. The fourth-order valence-corrected chi connectivity index (χ4v) is 2.92. The summed E-state index contributed by atoms with van der Waals surface area (Å²) in [4.78, 5) is 21.1. The molecule has 0 saturated carbocycles. The Morgan fingerprint density at radius 2 is 2.27 bits per heavy atom. The number of hydrogen-bond acceptors (Lipinski definition) is 4. The zero-order valence-electron chi connectivity index (χ0n) is 13.1. The highest BCUT2D eigenvalue weighted by atomic mass is 16.3. The van der Waals surface area contributed by atoms with E-state index in [1.54, 1.807) is 12.5 Å². The van der Waals surface area contributed by atoms with Crippen molar-refractivity contribution in [1.29, 1.82) is 0 Å². The van der Waals surface area contributed by atoms with Crippen molar-refractivity contribution >= 4 is 5.91 Å². The number of likely N-dealkylation sites (N-methyl/N-ethyl adjacent to an activating group) is 1. The topological polar surface area (TPSA) is 54.5 Å². The van der Waals surface area contributed by atoms with Crippen LogP contribution in [0.5, 0.6) is 0 Å². The summed E-state index contributed by atoms with van der Waals surface area (Å²) in [5.41, 5.74) is 0.